The molecule has 5 rings (SSSR count). The second-order valence-electron chi connectivity index (χ2n) is 7.71. The number of methoxy groups -OCH3 is 1. The summed E-state index contributed by atoms with van der Waals surface area (Å²) in [6.45, 7) is 4.95. The highest BCUT2D eigenvalue weighted by atomic mass is 16.5. The second-order valence-corrected chi connectivity index (χ2v) is 7.71. The van der Waals surface area contributed by atoms with Gasteiger partial charge in [0.2, 0.25) is 0 Å². The molecule has 8 nitrogen and oxygen atoms in total. The minimum atomic E-state index is -0.401. The molecule has 1 fully saturated rings. The van der Waals surface area contributed by atoms with Crippen molar-refractivity contribution >= 4 is 22.0 Å². The van der Waals surface area contributed by atoms with Crippen molar-refractivity contribution in [2.75, 3.05) is 13.7 Å². The Kier molecular flexibility index (Phi) is 4.58. The van der Waals surface area contributed by atoms with Crippen molar-refractivity contribution in [2.45, 2.75) is 45.8 Å². The van der Waals surface area contributed by atoms with Crippen molar-refractivity contribution in [2.24, 2.45) is 0 Å². The summed E-state index contributed by atoms with van der Waals surface area (Å²) >= 11 is 0. The Hall–Kier alpha value is -3.13. The van der Waals surface area contributed by atoms with Crippen LogP contribution in [0, 0.1) is 13.8 Å². The highest BCUT2D eigenvalue weighted by molar-refractivity contribution is 6.04. The predicted octanol–water partition coefficient (Wildman–Crippen LogP) is 3.99. The van der Waals surface area contributed by atoms with Gasteiger partial charge in [0, 0.05) is 17.6 Å². The Morgan fingerprint density at radius 2 is 2.13 bits per heavy atom. The van der Waals surface area contributed by atoms with E-state index in [-0.39, 0.29) is 6.10 Å². The van der Waals surface area contributed by atoms with Crippen molar-refractivity contribution in [3.63, 3.8) is 0 Å². The summed E-state index contributed by atoms with van der Waals surface area (Å²) in [7, 11) is 1.62. The molecule has 1 aliphatic rings. The van der Waals surface area contributed by atoms with E-state index in [1.54, 1.807) is 17.9 Å². The van der Waals surface area contributed by atoms with E-state index in [4.69, 9.17) is 18.4 Å². The lowest BCUT2D eigenvalue weighted by Crippen LogP contribution is -2.28. The van der Waals surface area contributed by atoms with Crippen LogP contribution in [0.1, 0.15) is 30.7 Å². The lowest BCUT2D eigenvalue weighted by Gasteiger charge is -2.22. The molecule has 156 valence electrons. The third kappa shape index (κ3) is 2.99. The lowest BCUT2D eigenvalue weighted by molar-refractivity contribution is 0.00561. The van der Waals surface area contributed by atoms with Gasteiger partial charge in [-0.15, -0.1) is 0 Å². The van der Waals surface area contributed by atoms with Gasteiger partial charge < -0.3 is 18.4 Å². The lowest BCUT2D eigenvalue weighted by atomic mass is 10.0. The first-order valence-electron chi connectivity index (χ1n) is 10.1. The largest absolute Gasteiger partial charge is 0.496 e. The van der Waals surface area contributed by atoms with Gasteiger partial charge in [0.05, 0.1) is 42.7 Å². The van der Waals surface area contributed by atoms with Gasteiger partial charge in [0.15, 0.2) is 5.58 Å². The van der Waals surface area contributed by atoms with Gasteiger partial charge in [-0.2, -0.15) is 0 Å². The smallest absolute Gasteiger partial charge is 0.420 e. The number of fused-ring (bicyclic) bond motifs is 3. The van der Waals surface area contributed by atoms with E-state index in [0.717, 1.165) is 53.6 Å². The normalized spacial score (nSPS) is 17.1. The molecule has 1 saturated heterocycles. The second kappa shape index (κ2) is 7.28. The van der Waals surface area contributed by atoms with Crippen LogP contribution < -0.4 is 10.5 Å². The molecule has 0 spiro atoms. The first-order chi connectivity index (χ1) is 14.6. The number of ether oxygens (including phenoxy) is 2. The topological polar surface area (TPSA) is 92.5 Å². The van der Waals surface area contributed by atoms with Crippen LogP contribution in [0.25, 0.3) is 33.1 Å². The molecule has 0 aliphatic carbocycles. The molecule has 4 heterocycles. The molecule has 8 heteroatoms. The van der Waals surface area contributed by atoms with E-state index in [2.05, 4.69) is 10.1 Å². The number of rotatable bonds is 4. The fourth-order valence-electron chi connectivity index (χ4n) is 4.33. The summed E-state index contributed by atoms with van der Waals surface area (Å²) in [5, 5.41) is 4.85. The number of oxazole rings is 1. The van der Waals surface area contributed by atoms with Crippen LogP contribution in [-0.2, 0) is 11.3 Å². The minimum absolute atomic E-state index is 0.00365. The third-order valence-electron chi connectivity index (χ3n) is 5.78. The van der Waals surface area contributed by atoms with Crippen molar-refractivity contribution in [1.29, 1.82) is 0 Å². The number of pyridine rings is 1. The van der Waals surface area contributed by atoms with Crippen LogP contribution in [0.3, 0.4) is 0 Å². The predicted molar refractivity (Wildman–Crippen MR) is 111 cm³/mol. The summed E-state index contributed by atoms with van der Waals surface area (Å²) in [4.78, 5) is 17.1. The van der Waals surface area contributed by atoms with E-state index < -0.39 is 5.76 Å². The first-order valence-corrected chi connectivity index (χ1v) is 10.1. The molecule has 3 aromatic heterocycles. The molecule has 1 aliphatic heterocycles. The molecule has 30 heavy (non-hydrogen) atoms. The number of benzene rings is 1. The maximum Gasteiger partial charge on any atom is 0.420 e. The molecule has 1 unspecified atom stereocenters. The van der Waals surface area contributed by atoms with Crippen molar-refractivity contribution in [1.82, 2.24) is 14.7 Å². The molecule has 1 atom stereocenters. The maximum atomic E-state index is 12.6. The highest BCUT2D eigenvalue weighted by Crippen LogP contribution is 2.38. The van der Waals surface area contributed by atoms with Gasteiger partial charge in [-0.1, -0.05) is 5.16 Å². The van der Waals surface area contributed by atoms with Crippen molar-refractivity contribution < 1.29 is 18.4 Å². The number of hydrogen-bond acceptors (Lipinski definition) is 7. The Morgan fingerprint density at radius 3 is 2.83 bits per heavy atom. The Labute approximate surface area is 172 Å². The monoisotopic (exact) mass is 409 g/mol. The summed E-state index contributed by atoms with van der Waals surface area (Å²) in [6, 6.07) is 3.85. The number of aromatic nitrogens is 3. The van der Waals surface area contributed by atoms with Crippen molar-refractivity contribution in [3.8, 4) is 16.9 Å². The van der Waals surface area contributed by atoms with E-state index in [0.29, 0.717) is 29.2 Å². The van der Waals surface area contributed by atoms with Crippen molar-refractivity contribution in [3.05, 3.63) is 40.3 Å². The molecule has 0 amide bonds. The summed E-state index contributed by atoms with van der Waals surface area (Å²) in [5.74, 6) is 0.962. The third-order valence-corrected chi connectivity index (χ3v) is 5.78. The molecule has 1 aromatic carbocycles. The molecule has 0 radical (unpaired) electrons. The van der Waals surface area contributed by atoms with Gasteiger partial charge in [0.25, 0.3) is 0 Å². The molecule has 0 saturated carbocycles. The van der Waals surface area contributed by atoms with Gasteiger partial charge in [-0.25, -0.2) is 4.79 Å². The number of aryl methyl sites for hydroxylation is 2. The Morgan fingerprint density at radius 1 is 1.27 bits per heavy atom. The van der Waals surface area contributed by atoms with Gasteiger partial charge in [0.1, 0.15) is 17.0 Å². The molecule has 0 N–H and O–H groups in total. The van der Waals surface area contributed by atoms with E-state index >= 15 is 0 Å². The minimum Gasteiger partial charge on any atom is -0.496 e. The number of nitrogens with zero attached hydrogens (tertiary/aromatic N) is 3. The molecular weight excluding hydrogens is 386 g/mol. The summed E-state index contributed by atoms with van der Waals surface area (Å²) in [5.41, 5.74) is 4.41. The van der Waals surface area contributed by atoms with Gasteiger partial charge in [-0.05, 0) is 45.2 Å². The van der Waals surface area contributed by atoms with Crippen LogP contribution in [0.15, 0.2) is 32.1 Å². The zero-order valence-corrected chi connectivity index (χ0v) is 17.2. The first kappa shape index (κ1) is 18.9. The molecular formula is C22H23N3O5. The fourth-order valence-corrected chi connectivity index (χ4v) is 4.33. The average Bonchev–Trinajstić information content (AvgIpc) is 3.26. The van der Waals surface area contributed by atoms with E-state index in [9.17, 15) is 4.79 Å². The Bertz CT molecular complexity index is 1270. The highest BCUT2D eigenvalue weighted by Gasteiger charge is 2.22. The molecule has 4 aromatic rings. The van der Waals surface area contributed by atoms with Crippen LogP contribution in [0.4, 0.5) is 0 Å². The average molecular weight is 409 g/mol. The van der Waals surface area contributed by atoms with E-state index in [1.165, 1.54) is 0 Å². The van der Waals surface area contributed by atoms with Crippen LogP contribution in [-0.4, -0.2) is 34.5 Å². The summed E-state index contributed by atoms with van der Waals surface area (Å²) < 4.78 is 24.0. The zero-order valence-electron chi connectivity index (χ0n) is 17.2. The quantitative estimate of drug-likeness (QED) is 0.503. The van der Waals surface area contributed by atoms with E-state index in [1.807, 2.05) is 26.0 Å². The van der Waals surface area contributed by atoms with Gasteiger partial charge >= 0.3 is 5.76 Å². The van der Waals surface area contributed by atoms with Crippen LogP contribution in [0.5, 0.6) is 5.75 Å². The molecule has 0 bridgehead atoms. The fraction of sp³-hybridized carbons (Fsp3) is 0.409. The SMILES string of the molecule is COc1cc2c(cc1-c1c(C)noc1C)ncc1oc(=O)n(CC3CCCCO3)c12. The summed E-state index contributed by atoms with van der Waals surface area (Å²) in [6.07, 6.45) is 4.70. The van der Waals surface area contributed by atoms with Gasteiger partial charge in [-0.3, -0.25) is 9.55 Å². The zero-order chi connectivity index (χ0) is 20.8. The number of hydrogen-bond donors (Lipinski definition) is 0. The van der Waals surface area contributed by atoms with Crippen LogP contribution in [0.2, 0.25) is 0 Å². The maximum absolute atomic E-state index is 12.6. The standard InChI is InChI=1S/C22H23N3O5/c1-12-20(13(2)30-24-12)16-8-17-15(9-18(16)27-3)21-19(10-23-17)29-22(26)25(21)11-14-6-4-5-7-28-14/h8-10,14H,4-7,11H2,1-3H3. The Balaban J connectivity index is 1.72. The van der Waals surface area contributed by atoms with Crippen LogP contribution >= 0.6 is 0 Å².